The molecule has 0 spiro atoms. The Labute approximate surface area is 93.4 Å². The maximum absolute atomic E-state index is 12.8. The van der Waals surface area contributed by atoms with Crippen LogP contribution in [0.2, 0.25) is 5.02 Å². The first kappa shape index (κ1) is 10.7. The molecule has 4 heteroatoms. The maximum Gasteiger partial charge on any atom is 0.138 e. The molecule has 1 atom stereocenters. The minimum atomic E-state index is -0.342. The molecule has 0 bridgehead atoms. The molecule has 1 saturated heterocycles. The van der Waals surface area contributed by atoms with E-state index in [1.165, 1.54) is 12.1 Å². The number of hydrogen-bond acceptors (Lipinski definition) is 2. The molecule has 82 valence electrons. The zero-order valence-corrected chi connectivity index (χ0v) is 9.22. The van der Waals surface area contributed by atoms with Crippen LogP contribution in [0, 0.1) is 11.7 Å². The third kappa shape index (κ3) is 2.41. The maximum atomic E-state index is 12.8. The fourth-order valence-corrected chi connectivity index (χ4v) is 1.72. The minimum Gasteiger partial charge on any atom is -0.489 e. The van der Waals surface area contributed by atoms with Gasteiger partial charge in [0, 0.05) is 19.0 Å². The number of benzene rings is 1. The van der Waals surface area contributed by atoms with Gasteiger partial charge in [0.2, 0.25) is 0 Å². The van der Waals surface area contributed by atoms with Crippen molar-refractivity contribution < 1.29 is 9.13 Å². The molecular formula is C11H13ClFNO. The van der Waals surface area contributed by atoms with Crippen LogP contribution in [-0.4, -0.2) is 19.2 Å². The Bertz CT molecular complexity index is 354. The van der Waals surface area contributed by atoms with Crippen molar-refractivity contribution in [2.75, 3.05) is 13.1 Å². The fourth-order valence-electron chi connectivity index (χ4n) is 1.51. The van der Waals surface area contributed by atoms with Crippen molar-refractivity contribution >= 4 is 11.6 Å². The molecule has 2 nitrogen and oxygen atoms in total. The SMILES string of the molecule is CC(Oc1ccc(F)cc1Cl)C1CNC1. The van der Waals surface area contributed by atoms with Crippen molar-refractivity contribution in [3.05, 3.63) is 29.0 Å². The van der Waals surface area contributed by atoms with Gasteiger partial charge < -0.3 is 10.1 Å². The number of nitrogens with one attached hydrogen (secondary N) is 1. The van der Waals surface area contributed by atoms with E-state index >= 15 is 0 Å². The number of halogens is 2. The molecule has 1 fully saturated rings. The monoisotopic (exact) mass is 229 g/mol. The second-order valence-electron chi connectivity index (χ2n) is 3.82. The van der Waals surface area contributed by atoms with Gasteiger partial charge in [0.15, 0.2) is 0 Å². The van der Waals surface area contributed by atoms with Gasteiger partial charge in [-0.2, -0.15) is 0 Å². The molecule has 1 heterocycles. The quantitative estimate of drug-likeness (QED) is 0.860. The second-order valence-corrected chi connectivity index (χ2v) is 4.22. The molecule has 1 aliphatic heterocycles. The summed E-state index contributed by atoms with van der Waals surface area (Å²) in [6.45, 7) is 3.95. The summed E-state index contributed by atoms with van der Waals surface area (Å²) in [6.07, 6.45) is 0.106. The van der Waals surface area contributed by atoms with Crippen molar-refractivity contribution in [1.82, 2.24) is 5.32 Å². The molecule has 0 amide bonds. The van der Waals surface area contributed by atoms with Crippen molar-refractivity contribution in [3.8, 4) is 5.75 Å². The Balaban J connectivity index is 2.03. The van der Waals surface area contributed by atoms with Crippen LogP contribution in [0.4, 0.5) is 4.39 Å². The van der Waals surface area contributed by atoms with Crippen molar-refractivity contribution in [3.63, 3.8) is 0 Å². The van der Waals surface area contributed by atoms with Crippen LogP contribution in [-0.2, 0) is 0 Å². The summed E-state index contributed by atoms with van der Waals surface area (Å²) in [5, 5.41) is 3.51. The summed E-state index contributed by atoms with van der Waals surface area (Å²) in [7, 11) is 0. The highest BCUT2D eigenvalue weighted by molar-refractivity contribution is 6.32. The Morgan fingerprint density at radius 3 is 2.80 bits per heavy atom. The molecule has 1 N–H and O–H groups in total. The van der Waals surface area contributed by atoms with Crippen molar-refractivity contribution in [2.45, 2.75) is 13.0 Å². The lowest BCUT2D eigenvalue weighted by atomic mass is 9.98. The van der Waals surface area contributed by atoms with Crippen molar-refractivity contribution in [2.24, 2.45) is 5.92 Å². The fraction of sp³-hybridized carbons (Fsp3) is 0.455. The van der Waals surface area contributed by atoms with Crippen LogP contribution < -0.4 is 10.1 Å². The Morgan fingerprint density at radius 1 is 1.53 bits per heavy atom. The van der Waals surface area contributed by atoms with Crippen LogP contribution in [0.5, 0.6) is 5.75 Å². The van der Waals surface area contributed by atoms with E-state index in [9.17, 15) is 4.39 Å². The molecule has 1 aromatic carbocycles. The molecule has 0 aromatic heterocycles. The van der Waals surface area contributed by atoms with E-state index < -0.39 is 0 Å². The van der Waals surface area contributed by atoms with Gasteiger partial charge in [0.05, 0.1) is 5.02 Å². The zero-order valence-electron chi connectivity index (χ0n) is 8.47. The van der Waals surface area contributed by atoms with E-state index in [4.69, 9.17) is 16.3 Å². The lowest BCUT2D eigenvalue weighted by Crippen LogP contribution is -2.49. The van der Waals surface area contributed by atoms with Crippen molar-refractivity contribution in [1.29, 1.82) is 0 Å². The number of ether oxygens (including phenoxy) is 1. The molecule has 1 aromatic rings. The first-order chi connectivity index (χ1) is 7.16. The summed E-state index contributed by atoms with van der Waals surface area (Å²) < 4.78 is 18.4. The van der Waals surface area contributed by atoms with Crippen LogP contribution in [0.1, 0.15) is 6.92 Å². The standard InChI is InChI=1S/C11H13ClFNO/c1-7(8-5-14-6-8)15-11-3-2-9(13)4-10(11)12/h2-4,7-8,14H,5-6H2,1H3. The number of rotatable bonds is 3. The van der Waals surface area contributed by atoms with Gasteiger partial charge in [-0.15, -0.1) is 0 Å². The summed E-state index contributed by atoms with van der Waals surface area (Å²) in [5.41, 5.74) is 0. The molecule has 15 heavy (non-hydrogen) atoms. The molecule has 2 rings (SSSR count). The Morgan fingerprint density at radius 2 is 2.27 bits per heavy atom. The lowest BCUT2D eigenvalue weighted by molar-refractivity contribution is 0.115. The smallest absolute Gasteiger partial charge is 0.138 e. The van der Waals surface area contributed by atoms with E-state index in [1.54, 1.807) is 6.07 Å². The minimum absolute atomic E-state index is 0.106. The Hall–Kier alpha value is -0.800. The van der Waals surface area contributed by atoms with Gasteiger partial charge in [0.1, 0.15) is 17.7 Å². The molecule has 1 unspecified atom stereocenters. The zero-order chi connectivity index (χ0) is 10.8. The largest absolute Gasteiger partial charge is 0.489 e. The average molecular weight is 230 g/mol. The van der Waals surface area contributed by atoms with Crippen LogP contribution >= 0.6 is 11.6 Å². The first-order valence-corrected chi connectivity index (χ1v) is 5.37. The van der Waals surface area contributed by atoms with Crippen LogP contribution in [0.25, 0.3) is 0 Å². The third-order valence-electron chi connectivity index (χ3n) is 2.68. The first-order valence-electron chi connectivity index (χ1n) is 4.99. The van der Waals surface area contributed by atoms with E-state index in [0.29, 0.717) is 16.7 Å². The van der Waals surface area contributed by atoms with Crippen LogP contribution in [0.3, 0.4) is 0 Å². The number of hydrogen-bond donors (Lipinski definition) is 1. The van der Waals surface area contributed by atoms with E-state index in [0.717, 1.165) is 13.1 Å². The highest BCUT2D eigenvalue weighted by atomic mass is 35.5. The average Bonchev–Trinajstić information content (AvgIpc) is 2.07. The lowest BCUT2D eigenvalue weighted by Gasteiger charge is -2.32. The molecule has 1 aliphatic rings. The van der Waals surface area contributed by atoms with E-state index in [1.807, 2.05) is 6.92 Å². The van der Waals surface area contributed by atoms with Gasteiger partial charge in [0.25, 0.3) is 0 Å². The Kier molecular flexibility index (Phi) is 3.12. The normalized spacial score (nSPS) is 18.3. The van der Waals surface area contributed by atoms with E-state index in [2.05, 4.69) is 5.32 Å². The van der Waals surface area contributed by atoms with Crippen LogP contribution in [0.15, 0.2) is 18.2 Å². The van der Waals surface area contributed by atoms with Gasteiger partial charge in [-0.05, 0) is 25.1 Å². The summed E-state index contributed by atoms with van der Waals surface area (Å²) >= 11 is 5.86. The predicted molar refractivity (Wildman–Crippen MR) is 57.9 cm³/mol. The second kappa shape index (κ2) is 4.37. The summed E-state index contributed by atoms with van der Waals surface area (Å²) in [4.78, 5) is 0. The van der Waals surface area contributed by atoms with Gasteiger partial charge in [-0.3, -0.25) is 0 Å². The molecule has 0 radical (unpaired) electrons. The van der Waals surface area contributed by atoms with Gasteiger partial charge >= 0.3 is 0 Å². The third-order valence-corrected chi connectivity index (χ3v) is 2.98. The van der Waals surface area contributed by atoms with E-state index in [-0.39, 0.29) is 11.9 Å². The summed E-state index contributed by atoms with van der Waals surface area (Å²) in [6, 6.07) is 4.19. The predicted octanol–water partition coefficient (Wildman–Crippen LogP) is 2.47. The molecular weight excluding hydrogens is 217 g/mol. The topological polar surface area (TPSA) is 21.3 Å². The van der Waals surface area contributed by atoms with Gasteiger partial charge in [-0.1, -0.05) is 11.6 Å². The summed E-state index contributed by atoms with van der Waals surface area (Å²) in [5.74, 6) is 0.730. The van der Waals surface area contributed by atoms with Gasteiger partial charge in [-0.25, -0.2) is 4.39 Å². The highest BCUT2D eigenvalue weighted by Crippen LogP contribution is 2.27. The highest BCUT2D eigenvalue weighted by Gasteiger charge is 2.25. The molecule has 0 aliphatic carbocycles. The molecule has 0 saturated carbocycles.